The summed E-state index contributed by atoms with van der Waals surface area (Å²) in [5.74, 6) is 1.20. The third-order valence-corrected chi connectivity index (χ3v) is 4.39. The Morgan fingerprint density at radius 3 is 2.71 bits per heavy atom. The second-order valence-corrected chi connectivity index (χ2v) is 6.77. The smallest absolute Gasteiger partial charge is 0.191 e. The third kappa shape index (κ3) is 6.11. The van der Waals surface area contributed by atoms with Gasteiger partial charge < -0.3 is 15.5 Å². The van der Waals surface area contributed by atoms with Crippen molar-refractivity contribution in [2.75, 3.05) is 32.7 Å². The molecule has 1 atom stereocenters. The van der Waals surface area contributed by atoms with Crippen LogP contribution in [0.1, 0.15) is 37.8 Å². The maximum atomic E-state index is 13.6. The number of nitrogens with one attached hydrogen (secondary N) is 2. The molecule has 0 spiro atoms. The fourth-order valence-electron chi connectivity index (χ4n) is 2.99. The topological polar surface area (TPSA) is 39.7 Å². The van der Waals surface area contributed by atoms with E-state index >= 15 is 0 Å². The minimum atomic E-state index is -0.167. The van der Waals surface area contributed by atoms with E-state index in [1.807, 2.05) is 6.07 Å². The fraction of sp³-hybridized carbons (Fsp3) is 0.632. The van der Waals surface area contributed by atoms with Crippen molar-refractivity contribution < 1.29 is 4.39 Å². The highest BCUT2D eigenvalue weighted by molar-refractivity contribution is 5.79. The van der Waals surface area contributed by atoms with E-state index in [-0.39, 0.29) is 5.82 Å². The molecule has 1 aromatic rings. The minimum absolute atomic E-state index is 0.167. The largest absolute Gasteiger partial charge is 0.357 e. The molecule has 2 rings (SSSR count). The lowest BCUT2D eigenvalue weighted by Gasteiger charge is -2.21. The number of nitrogens with zero attached hydrogens (tertiary/aromatic N) is 2. The molecule has 1 aromatic carbocycles. The summed E-state index contributed by atoms with van der Waals surface area (Å²) in [7, 11) is 0. The normalized spacial score (nSPS) is 17.1. The summed E-state index contributed by atoms with van der Waals surface area (Å²) in [5.41, 5.74) is 1.56. The van der Waals surface area contributed by atoms with Gasteiger partial charge in [0.15, 0.2) is 5.96 Å². The van der Waals surface area contributed by atoms with Crippen molar-refractivity contribution in [1.29, 1.82) is 0 Å². The predicted octanol–water partition coefficient (Wildman–Crippen LogP) is 2.92. The van der Waals surface area contributed by atoms with Crippen molar-refractivity contribution in [3.05, 3.63) is 35.1 Å². The lowest BCUT2D eigenvalue weighted by Crippen LogP contribution is -2.41. The van der Waals surface area contributed by atoms with E-state index in [9.17, 15) is 4.39 Å². The van der Waals surface area contributed by atoms with Crippen LogP contribution in [-0.4, -0.2) is 43.6 Å². The summed E-state index contributed by atoms with van der Waals surface area (Å²) in [6.07, 6.45) is 2.66. The number of aryl methyl sites for hydroxylation is 1. The van der Waals surface area contributed by atoms with Crippen molar-refractivity contribution in [2.24, 2.45) is 10.9 Å². The van der Waals surface area contributed by atoms with Crippen LogP contribution >= 0.6 is 0 Å². The van der Waals surface area contributed by atoms with Gasteiger partial charge >= 0.3 is 0 Å². The first-order valence-corrected chi connectivity index (χ1v) is 9.08. The number of rotatable bonds is 7. The maximum absolute atomic E-state index is 13.6. The summed E-state index contributed by atoms with van der Waals surface area (Å²) >= 11 is 0. The summed E-state index contributed by atoms with van der Waals surface area (Å²) in [6.45, 7) is 11.9. The molecule has 0 radical (unpaired) electrons. The molecular formula is C19H31FN4. The first kappa shape index (κ1) is 18.7. The van der Waals surface area contributed by atoms with Gasteiger partial charge in [-0.3, -0.25) is 0 Å². The van der Waals surface area contributed by atoms with Gasteiger partial charge in [0.05, 0.1) is 6.54 Å². The highest BCUT2D eigenvalue weighted by atomic mass is 19.1. The number of hydrogen-bond acceptors (Lipinski definition) is 2. The van der Waals surface area contributed by atoms with E-state index in [0.29, 0.717) is 18.0 Å². The molecule has 1 unspecified atom stereocenters. The Morgan fingerprint density at radius 1 is 1.29 bits per heavy atom. The zero-order valence-electron chi connectivity index (χ0n) is 15.2. The molecular weight excluding hydrogens is 303 g/mol. The second-order valence-electron chi connectivity index (χ2n) is 6.77. The van der Waals surface area contributed by atoms with Crippen LogP contribution in [-0.2, 0) is 6.54 Å². The second kappa shape index (κ2) is 9.62. The summed E-state index contributed by atoms with van der Waals surface area (Å²) in [4.78, 5) is 7.11. The Morgan fingerprint density at radius 2 is 2.04 bits per heavy atom. The average Bonchev–Trinajstić information content (AvgIpc) is 3.06. The number of benzene rings is 1. The SMILES string of the molecule is CCNC(=NCc1ccc(C)c(F)c1)NCC(C)CN1CCCC1. The van der Waals surface area contributed by atoms with Crippen LogP contribution in [0, 0.1) is 18.7 Å². The maximum Gasteiger partial charge on any atom is 0.191 e. The standard InChI is InChI=1S/C19H31FN4/c1-4-21-19(22-12-15(2)14-24-9-5-6-10-24)23-13-17-8-7-16(3)18(20)11-17/h7-8,11,15H,4-6,9-10,12-14H2,1-3H3,(H2,21,22,23). The van der Waals surface area contributed by atoms with Crippen molar-refractivity contribution in [2.45, 2.75) is 40.2 Å². The molecule has 2 N–H and O–H groups in total. The molecule has 1 saturated heterocycles. The van der Waals surface area contributed by atoms with Gasteiger partial charge in [0.25, 0.3) is 0 Å². The fourth-order valence-corrected chi connectivity index (χ4v) is 2.99. The number of likely N-dealkylation sites (tertiary alicyclic amines) is 1. The summed E-state index contributed by atoms with van der Waals surface area (Å²) in [6, 6.07) is 5.30. The van der Waals surface area contributed by atoms with E-state index in [4.69, 9.17) is 0 Å². The number of halogens is 1. The third-order valence-electron chi connectivity index (χ3n) is 4.39. The van der Waals surface area contributed by atoms with Crippen LogP contribution < -0.4 is 10.6 Å². The molecule has 5 heteroatoms. The zero-order chi connectivity index (χ0) is 17.4. The van der Waals surface area contributed by atoms with Gasteiger partial charge in [0, 0.05) is 19.6 Å². The molecule has 134 valence electrons. The molecule has 4 nitrogen and oxygen atoms in total. The number of hydrogen-bond donors (Lipinski definition) is 2. The van der Waals surface area contributed by atoms with Crippen molar-refractivity contribution in [1.82, 2.24) is 15.5 Å². The quantitative estimate of drug-likeness (QED) is 0.595. The van der Waals surface area contributed by atoms with Crippen LogP contribution in [0.15, 0.2) is 23.2 Å². The molecule has 0 saturated carbocycles. The average molecular weight is 334 g/mol. The highest BCUT2D eigenvalue weighted by Gasteiger charge is 2.14. The van der Waals surface area contributed by atoms with Crippen LogP contribution in [0.5, 0.6) is 0 Å². The Balaban J connectivity index is 1.84. The Bertz CT molecular complexity index is 538. The van der Waals surface area contributed by atoms with Crippen LogP contribution in [0.3, 0.4) is 0 Å². The van der Waals surface area contributed by atoms with Gasteiger partial charge in [-0.2, -0.15) is 0 Å². The van der Waals surface area contributed by atoms with E-state index < -0.39 is 0 Å². The molecule has 1 aliphatic rings. The summed E-state index contributed by atoms with van der Waals surface area (Å²) < 4.78 is 13.6. The predicted molar refractivity (Wildman–Crippen MR) is 98.8 cm³/mol. The van der Waals surface area contributed by atoms with Gasteiger partial charge in [-0.1, -0.05) is 19.1 Å². The molecule has 0 aliphatic carbocycles. The lowest BCUT2D eigenvalue weighted by molar-refractivity contribution is 0.287. The van der Waals surface area contributed by atoms with E-state index in [1.54, 1.807) is 19.1 Å². The number of aliphatic imine (C=N–C) groups is 1. The zero-order valence-corrected chi connectivity index (χ0v) is 15.2. The molecule has 0 bridgehead atoms. The van der Waals surface area contributed by atoms with Crippen LogP contribution in [0.25, 0.3) is 0 Å². The van der Waals surface area contributed by atoms with E-state index in [2.05, 4.69) is 34.4 Å². The number of guanidine groups is 1. The first-order chi connectivity index (χ1) is 11.6. The summed E-state index contributed by atoms with van der Waals surface area (Å²) in [5, 5.41) is 6.67. The first-order valence-electron chi connectivity index (χ1n) is 9.08. The van der Waals surface area contributed by atoms with Gasteiger partial charge in [0.2, 0.25) is 0 Å². The van der Waals surface area contributed by atoms with Crippen molar-refractivity contribution >= 4 is 5.96 Å². The van der Waals surface area contributed by atoms with Gasteiger partial charge in [0.1, 0.15) is 5.82 Å². The van der Waals surface area contributed by atoms with E-state index in [1.165, 1.54) is 25.9 Å². The van der Waals surface area contributed by atoms with Crippen LogP contribution in [0.4, 0.5) is 4.39 Å². The Labute approximate surface area is 145 Å². The molecule has 1 fully saturated rings. The molecule has 0 amide bonds. The van der Waals surface area contributed by atoms with Gasteiger partial charge in [-0.15, -0.1) is 0 Å². The van der Waals surface area contributed by atoms with Gasteiger partial charge in [-0.25, -0.2) is 9.38 Å². The van der Waals surface area contributed by atoms with Crippen LogP contribution in [0.2, 0.25) is 0 Å². The van der Waals surface area contributed by atoms with Gasteiger partial charge in [-0.05, 0) is 62.9 Å². The Kier molecular flexibility index (Phi) is 7.50. The molecule has 1 aliphatic heterocycles. The van der Waals surface area contributed by atoms with Crippen molar-refractivity contribution in [3.63, 3.8) is 0 Å². The molecule has 24 heavy (non-hydrogen) atoms. The molecule has 0 aromatic heterocycles. The van der Waals surface area contributed by atoms with Crippen molar-refractivity contribution in [3.8, 4) is 0 Å². The van der Waals surface area contributed by atoms with E-state index in [0.717, 1.165) is 31.2 Å². The minimum Gasteiger partial charge on any atom is -0.357 e. The monoisotopic (exact) mass is 334 g/mol. The lowest BCUT2D eigenvalue weighted by atomic mass is 10.1. The molecule has 1 heterocycles. The Hall–Kier alpha value is -1.62. The highest BCUT2D eigenvalue weighted by Crippen LogP contribution is 2.11.